The molecule has 9 heteroatoms. The summed E-state index contributed by atoms with van der Waals surface area (Å²) in [7, 11) is 1.86. The third kappa shape index (κ3) is 3.31. The number of benzene rings is 1. The van der Waals surface area contributed by atoms with E-state index in [1.54, 1.807) is 20.6 Å². The first-order valence-electron chi connectivity index (χ1n) is 8.81. The molecule has 0 aliphatic heterocycles. The molecule has 0 saturated heterocycles. The zero-order valence-corrected chi connectivity index (χ0v) is 17.8. The average molecular weight is 438 g/mol. The minimum atomic E-state index is -0.0497. The van der Waals surface area contributed by atoms with Crippen LogP contribution in [0.15, 0.2) is 69.5 Å². The van der Waals surface area contributed by atoms with Gasteiger partial charge in [-0.05, 0) is 23.6 Å². The van der Waals surface area contributed by atoms with Crippen molar-refractivity contribution in [2.24, 2.45) is 7.05 Å². The third-order valence-corrected chi connectivity index (χ3v) is 7.22. The van der Waals surface area contributed by atoms with Gasteiger partial charge in [0.05, 0.1) is 16.8 Å². The lowest BCUT2D eigenvalue weighted by Crippen LogP contribution is -2.21. The van der Waals surface area contributed by atoms with E-state index >= 15 is 0 Å². The zero-order chi connectivity index (χ0) is 19.8. The molecule has 0 radical (unpaired) electrons. The van der Waals surface area contributed by atoms with Gasteiger partial charge >= 0.3 is 0 Å². The number of aryl methyl sites for hydroxylation is 1. The van der Waals surface area contributed by atoms with Crippen LogP contribution < -0.4 is 5.56 Å². The summed E-state index contributed by atoms with van der Waals surface area (Å²) in [6, 6.07) is 13.7. The van der Waals surface area contributed by atoms with Crippen molar-refractivity contribution in [3.8, 4) is 16.1 Å². The molecule has 0 saturated carbocycles. The number of fused-ring (bicyclic) bond motifs is 1. The van der Waals surface area contributed by atoms with Crippen molar-refractivity contribution in [3.63, 3.8) is 0 Å². The second-order valence-electron chi connectivity index (χ2n) is 6.27. The summed E-state index contributed by atoms with van der Waals surface area (Å²) in [5.74, 6) is 1.40. The van der Waals surface area contributed by atoms with E-state index in [0.29, 0.717) is 16.3 Å². The van der Waals surface area contributed by atoms with Crippen molar-refractivity contribution in [2.75, 3.05) is 0 Å². The molecule has 0 bridgehead atoms. The van der Waals surface area contributed by atoms with E-state index < -0.39 is 0 Å². The molecule has 144 valence electrons. The predicted molar refractivity (Wildman–Crippen MR) is 119 cm³/mol. The monoisotopic (exact) mass is 437 g/mol. The summed E-state index contributed by atoms with van der Waals surface area (Å²) in [6.07, 6.45) is 1.53. The summed E-state index contributed by atoms with van der Waals surface area (Å²) in [6.45, 7) is 0. The number of nitrogens with zero attached hydrogens (tertiary/aromatic N) is 5. The van der Waals surface area contributed by atoms with Crippen molar-refractivity contribution >= 4 is 44.7 Å². The van der Waals surface area contributed by atoms with Gasteiger partial charge < -0.3 is 0 Å². The average Bonchev–Trinajstić information content (AvgIpc) is 3.48. The van der Waals surface area contributed by atoms with E-state index in [9.17, 15) is 4.79 Å². The van der Waals surface area contributed by atoms with Gasteiger partial charge in [0.15, 0.2) is 5.16 Å². The van der Waals surface area contributed by atoms with E-state index in [4.69, 9.17) is 4.98 Å². The Hall–Kier alpha value is -2.75. The fourth-order valence-electron chi connectivity index (χ4n) is 3.07. The van der Waals surface area contributed by atoms with E-state index in [1.807, 2.05) is 60.3 Å². The molecule has 6 nitrogen and oxygen atoms in total. The molecule has 4 heterocycles. The van der Waals surface area contributed by atoms with Crippen molar-refractivity contribution < 1.29 is 0 Å². The Morgan fingerprint density at radius 3 is 2.69 bits per heavy atom. The topological polar surface area (TPSA) is 65.6 Å². The van der Waals surface area contributed by atoms with E-state index in [-0.39, 0.29) is 5.56 Å². The minimum absolute atomic E-state index is 0.0497. The Morgan fingerprint density at radius 2 is 1.97 bits per heavy atom. The summed E-state index contributed by atoms with van der Waals surface area (Å²) < 4.78 is 3.43. The quantitative estimate of drug-likeness (QED) is 0.297. The smallest absolute Gasteiger partial charge is 0.268 e. The van der Waals surface area contributed by atoms with Crippen LogP contribution in [0.2, 0.25) is 0 Å². The molecule has 0 spiro atoms. The summed E-state index contributed by atoms with van der Waals surface area (Å²) >= 11 is 4.62. The van der Waals surface area contributed by atoms with Gasteiger partial charge in [-0.3, -0.25) is 14.0 Å². The van der Waals surface area contributed by atoms with Crippen LogP contribution in [0.4, 0.5) is 0 Å². The SMILES string of the molecule is Cn1ncnc1CSc1nc2scc(-c3cccs3)c2c(=O)n1-c1ccccc1. The Balaban J connectivity index is 1.69. The summed E-state index contributed by atoms with van der Waals surface area (Å²) in [5.41, 5.74) is 1.70. The van der Waals surface area contributed by atoms with Gasteiger partial charge in [0.25, 0.3) is 5.56 Å². The van der Waals surface area contributed by atoms with Crippen molar-refractivity contribution in [1.29, 1.82) is 0 Å². The van der Waals surface area contributed by atoms with Crippen LogP contribution in [0.3, 0.4) is 0 Å². The van der Waals surface area contributed by atoms with Gasteiger partial charge in [0.1, 0.15) is 17.0 Å². The number of rotatable bonds is 5. The zero-order valence-electron chi connectivity index (χ0n) is 15.3. The van der Waals surface area contributed by atoms with Crippen LogP contribution in [-0.2, 0) is 12.8 Å². The Morgan fingerprint density at radius 1 is 1.10 bits per heavy atom. The number of hydrogen-bond donors (Lipinski definition) is 0. The van der Waals surface area contributed by atoms with Crippen LogP contribution in [0, 0.1) is 0 Å². The number of para-hydroxylation sites is 1. The highest BCUT2D eigenvalue weighted by molar-refractivity contribution is 7.98. The second kappa shape index (κ2) is 7.58. The Kier molecular flexibility index (Phi) is 4.78. The maximum atomic E-state index is 13.6. The molecule has 0 atom stereocenters. The van der Waals surface area contributed by atoms with Crippen LogP contribution in [0.1, 0.15) is 5.82 Å². The molecular weight excluding hydrogens is 422 g/mol. The van der Waals surface area contributed by atoms with Gasteiger partial charge in [-0.2, -0.15) is 5.10 Å². The molecule has 0 unspecified atom stereocenters. The molecule has 0 aliphatic rings. The first kappa shape index (κ1) is 18.3. The predicted octanol–water partition coefficient (Wildman–Crippen LogP) is 4.60. The normalized spacial score (nSPS) is 11.3. The minimum Gasteiger partial charge on any atom is -0.268 e. The molecule has 0 fully saturated rings. The fourth-order valence-corrected chi connectivity index (χ4v) is 5.87. The number of thioether (sulfide) groups is 1. The molecule has 4 aromatic heterocycles. The highest BCUT2D eigenvalue weighted by Crippen LogP contribution is 2.35. The van der Waals surface area contributed by atoms with Gasteiger partial charge in [0.2, 0.25) is 0 Å². The first-order chi connectivity index (χ1) is 14.2. The molecule has 1 aromatic carbocycles. The molecular formula is C20H15N5OS3. The molecule has 0 amide bonds. The first-order valence-corrected chi connectivity index (χ1v) is 11.6. The molecule has 0 N–H and O–H groups in total. The second-order valence-corrected chi connectivity index (χ2v) is 9.01. The number of thiophene rings is 2. The molecule has 0 aliphatic carbocycles. The Labute approximate surface area is 178 Å². The van der Waals surface area contributed by atoms with E-state index in [2.05, 4.69) is 10.1 Å². The summed E-state index contributed by atoms with van der Waals surface area (Å²) in [5, 5.41) is 9.48. The summed E-state index contributed by atoms with van der Waals surface area (Å²) in [4.78, 5) is 24.6. The van der Waals surface area contributed by atoms with Crippen molar-refractivity contribution in [3.05, 3.63) is 75.7 Å². The van der Waals surface area contributed by atoms with Gasteiger partial charge in [0, 0.05) is 22.9 Å². The van der Waals surface area contributed by atoms with Crippen LogP contribution in [-0.4, -0.2) is 24.3 Å². The standard InChI is InChI=1S/C20H15N5OS3/c1-24-16(21-12-22-24)11-29-20-23-18-17(14(10-28-18)15-8-5-9-27-15)19(26)25(20)13-6-3-2-4-7-13/h2-10,12H,11H2,1H3. The molecule has 5 rings (SSSR count). The largest absolute Gasteiger partial charge is 0.268 e. The van der Waals surface area contributed by atoms with Crippen LogP contribution >= 0.6 is 34.4 Å². The third-order valence-electron chi connectivity index (χ3n) is 4.51. The lowest BCUT2D eigenvalue weighted by atomic mass is 10.2. The van der Waals surface area contributed by atoms with Crippen LogP contribution in [0.25, 0.3) is 26.3 Å². The molecule has 5 aromatic rings. The lowest BCUT2D eigenvalue weighted by molar-refractivity contribution is 0.728. The van der Waals surface area contributed by atoms with Gasteiger partial charge in [-0.15, -0.1) is 22.7 Å². The maximum Gasteiger partial charge on any atom is 0.268 e. The van der Waals surface area contributed by atoms with Crippen molar-refractivity contribution in [1.82, 2.24) is 24.3 Å². The molecule has 29 heavy (non-hydrogen) atoms. The highest BCUT2D eigenvalue weighted by Gasteiger charge is 2.19. The van der Waals surface area contributed by atoms with Gasteiger partial charge in [-0.25, -0.2) is 9.97 Å². The van der Waals surface area contributed by atoms with Crippen LogP contribution in [0.5, 0.6) is 0 Å². The number of hydrogen-bond acceptors (Lipinski definition) is 7. The number of aromatic nitrogens is 5. The van der Waals surface area contributed by atoms with E-state index in [0.717, 1.165) is 26.8 Å². The van der Waals surface area contributed by atoms with E-state index in [1.165, 1.54) is 29.4 Å². The lowest BCUT2D eigenvalue weighted by Gasteiger charge is -2.12. The fraction of sp³-hybridized carbons (Fsp3) is 0.100. The van der Waals surface area contributed by atoms with Crippen molar-refractivity contribution in [2.45, 2.75) is 10.9 Å². The highest BCUT2D eigenvalue weighted by atomic mass is 32.2. The maximum absolute atomic E-state index is 13.6. The van der Waals surface area contributed by atoms with Gasteiger partial charge in [-0.1, -0.05) is 36.0 Å². The Bertz CT molecular complexity index is 1340.